The minimum atomic E-state index is -4.01. The number of nitrogens with one attached hydrogen (secondary N) is 1. The summed E-state index contributed by atoms with van der Waals surface area (Å²) in [5.74, 6) is -0.447. The van der Waals surface area contributed by atoms with Gasteiger partial charge in [0.2, 0.25) is 5.91 Å². The number of amides is 1. The molecule has 1 N–H and O–H groups in total. The Labute approximate surface area is 186 Å². The van der Waals surface area contributed by atoms with Gasteiger partial charge in [-0.05, 0) is 42.8 Å². The molecule has 8 heteroatoms. The van der Waals surface area contributed by atoms with Crippen molar-refractivity contribution in [1.82, 2.24) is 5.32 Å². The number of carbonyl (C=O) groups excluding carboxylic acids is 1. The third kappa shape index (κ3) is 5.14. The van der Waals surface area contributed by atoms with E-state index in [-0.39, 0.29) is 21.6 Å². The van der Waals surface area contributed by atoms with Crippen LogP contribution >= 0.6 is 23.2 Å². The van der Waals surface area contributed by atoms with E-state index in [0.29, 0.717) is 5.02 Å². The summed E-state index contributed by atoms with van der Waals surface area (Å²) in [6.45, 7) is 1.43. The van der Waals surface area contributed by atoms with Crippen LogP contribution in [0.3, 0.4) is 0 Å². The lowest BCUT2D eigenvalue weighted by Gasteiger charge is -2.25. The van der Waals surface area contributed by atoms with Gasteiger partial charge in [0.1, 0.15) is 6.54 Å². The third-order valence-electron chi connectivity index (χ3n) is 4.49. The van der Waals surface area contributed by atoms with Crippen molar-refractivity contribution < 1.29 is 13.2 Å². The van der Waals surface area contributed by atoms with Crippen LogP contribution in [0, 0.1) is 0 Å². The van der Waals surface area contributed by atoms with E-state index >= 15 is 0 Å². The predicted molar refractivity (Wildman–Crippen MR) is 120 cm³/mol. The second kappa shape index (κ2) is 9.51. The van der Waals surface area contributed by atoms with Crippen LogP contribution in [0.15, 0.2) is 83.8 Å². The molecule has 1 atom stereocenters. The first kappa shape index (κ1) is 22.2. The summed E-state index contributed by atoms with van der Waals surface area (Å²) in [5.41, 5.74) is 1.16. The van der Waals surface area contributed by atoms with Crippen LogP contribution < -0.4 is 9.62 Å². The summed E-state index contributed by atoms with van der Waals surface area (Å²) < 4.78 is 27.6. The Hall–Kier alpha value is -2.54. The van der Waals surface area contributed by atoms with E-state index in [1.54, 1.807) is 18.2 Å². The van der Waals surface area contributed by atoms with Crippen LogP contribution in [-0.4, -0.2) is 20.9 Å². The molecule has 0 aliphatic rings. The number of sulfonamides is 1. The van der Waals surface area contributed by atoms with Crippen molar-refractivity contribution in [2.75, 3.05) is 10.8 Å². The number of rotatable bonds is 7. The minimum Gasteiger partial charge on any atom is -0.348 e. The van der Waals surface area contributed by atoms with Crippen molar-refractivity contribution in [1.29, 1.82) is 0 Å². The lowest BCUT2D eigenvalue weighted by atomic mass is 10.1. The van der Waals surface area contributed by atoms with Crippen LogP contribution in [0.1, 0.15) is 18.5 Å². The van der Waals surface area contributed by atoms with E-state index in [4.69, 9.17) is 23.2 Å². The average molecular weight is 463 g/mol. The maximum absolute atomic E-state index is 13.3. The van der Waals surface area contributed by atoms with Crippen LogP contribution in [-0.2, 0) is 14.8 Å². The third-order valence-corrected chi connectivity index (χ3v) is 7.01. The van der Waals surface area contributed by atoms with Gasteiger partial charge < -0.3 is 5.32 Å². The molecule has 0 fully saturated rings. The predicted octanol–water partition coefficient (Wildman–Crippen LogP) is 5.07. The molecule has 0 heterocycles. The smallest absolute Gasteiger partial charge is 0.264 e. The molecule has 5 nitrogen and oxygen atoms in total. The molecule has 3 aromatic carbocycles. The molecule has 0 aliphatic heterocycles. The molecule has 0 bridgehead atoms. The second-order valence-electron chi connectivity index (χ2n) is 6.62. The Morgan fingerprint density at radius 3 is 2.13 bits per heavy atom. The van der Waals surface area contributed by atoms with Crippen molar-refractivity contribution in [3.8, 4) is 0 Å². The number of nitrogens with zero attached hydrogens (tertiary/aromatic N) is 1. The molecule has 0 spiro atoms. The Bertz CT molecular complexity index is 1120. The quantitative estimate of drug-likeness (QED) is 0.532. The molecule has 0 aromatic heterocycles. The highest BCUT2D eigenvalue weighted by Gasteiger charge is 2.28. The first-order valence-electron chi connectivity index (χ1n) is 9.16. The summed E-state index contributed by atoms with van der Waals surface area (Å²) in [7, 11) is -4.01. The average Bonchev–Trinajstić information content (AvgIpc) is 2.75. The van der Waals surface area contributed by atoms with Gasteiger partial charge in [-0.3, -0.25) is 9.10 Å². The molecular formula is C22H20Cl2N2O3S. The van der Waals surface area contributed by atoms with Crippen LogP contribution in [0.25, 0.3) is 0 Å². The van der Waals surface area contributed by atoms with Crippen molar-refractivity contribution >= 4 is 44.8 Å². The van der Waals surface area contributed by atoms with Gasteiger partial charge in [0.05, 0.1) is 26.7 Å². The number of hydrogen-bond acceptors (Lipinski definition) is 3. The molecule has 156 valence electrons. The maximum atomic E-state index is 13.3. The van der Waals surface area contributed by atoms with Gasteiger partial charge in [0.15, 0.2) is 0 Å². The zero-order valence-electron chi connectivity index (χ0n) is 16.1. The van der Waals surface area contributed by atoms with E-state index in [0.717, 1.165) is 9.87 Å². The number of benzene rings is 3. The Morgan fingerprint density at radius 1 is 0.933 bits per heavy atom. The van der Waals surface area contributed by atoms with Gasteiger partial charge in [-0.25, -0.2) is 8.42 Å². The van der Waals surface area contributed by atoms with Gasteiger partial charge in [-0.15, -0.1) is 0 Å². The first-order valence-corrected chi connectivity index (χ1v) is 11.4. The highest BCUT2D eigenvalue weighted by Crippen LogP contribution is 2.30. The topological polar surface area (TPSA) is 66.5 Å². The zero-order valence-corrected chi connectivity index (χ0v) is 18.5. The molecule has 0 saturated heterocycles. The number of carbonyl (C=O) groups is 1. The van der Waals surface area contributed by atoms with Crippen molar-refractivity contribution in [3.63, 3.8) is 0 Å². The molecule has 3 rings (SSSR count). The molecule has 0 unspecified atom stereocenters. The van der Waals surface area contributed by atoms with Gasteiger partial charge >= 0.3 is 0 Å². The SMILES string of the molecule is C[C@@H](NC(=O)CN(c1ccc(Cl)c(Cl)c1)S(=O)(=O)c1ccccc1)c1ccccc1. The van der Waals surface area contributed by atoms with Crippen molar-refractivity contribution in [2.45, 2.75) is 17.9 Å². The normalized spacial score (nSPS) is 12.2. The molecule has 0 aliphatic carbocycles. The standard InChI is InChI=1S/C22H20Cl2N2O3S/c1-16(17-8-4-2-5-9-17)25-22(27)15-26(18-12-13-20(23)21(24)14-18)30(28,29)19-10-6-3-7-11-19/h2-14,16H,15H2,1H3,(H,25,27)/t16-/m1/s1. The van der Waals surface area contributed by atoms with Gasteiger partial charge in [0.25, 0.3) is 10.0 Å². The largest absolute Gasteiger partial charge is 0.348 e. The highest BCUT2D eigenvalue weighted by molar-refractivity contribution is 7.92. The summed E-state index contributed by atoms with van der Waals surface area (Å²) in [5, 5.41) is 3.33. The highest BCUT2D eigenvalue weighted by atomic mass is 35.5. The lowest BCUT2D eigenvalue weighted by Crippen LogP contribution is -2.41. The van der Waals surface area contributed by atoms with Crippen LogP contribution in [0.4, 0.5) is 5.69 Å². The molecular weight excluding hydrogens is 443 g/mol. The summed E-state index contributed by atoms with van der Waals surface area (Å²) in [6.07, 6.45) is 0. The van der Waals surface area contributed by atoms with Crippen LogP contribution in [0.2, 0.25) is 10.0 Å². The Balaban J connectivity index is 1.91. The van der Waals surface area contributed by atoms with Crippen LogP contribution in [0.5, 0.6) is 0 Å². The summed E-state index contributed by atoms with van der Waals surface area (Å²) in [4.78, 5) is 12.8. The van der Waals surface area contributed by atoms with Crippen molar-refractivity contribution in [2.24, 2.45) is 0 Å². The second-order valence-corrected chi connectivity index (χ2v) is 9.30. The fourth-order valence-electron chi connectivity index (χ4n) is 2.92. The number of halogens is 2. The van der Waals surface area contributed by atoms with E-state index < -0.39 is 22.5 Å². The van der Waals surface area contributed by atoms with E-state index in [1.165, 1.54) is 30.3 Å². The van der Waals surface area contributed by atoms with E-state index in [2.05, 4.69) is 5.32 Å². The Morgan fingerprint density at radius 2 is 1.53 bits per heavy atom. The lowest BCUT2D eigenvalue weighted by molar-refractivity contribution is -0.120. The number of hydrogen-bond donors (Lipinski definition) is 1. The fourth-order valence-corrected chi connectivity index (χ4v) is 4.64. The van der Waals surface area contributed by atoms with E-state index in [9.17, 15) is 13.2 Å². The molecule has 3 aromatic rings. The van der Waals surface area contributed by atoms with E-state index in [1.807, 2.05) is 37.3 Å². The molecule has 1 amide bonds. The van der Waals surface area contributed by atoms with Gasteiger partial charge in [-0.2, -0.15) is 0 Å². The first-order chi connectivity index (χ1) is 14.3. The summed E-state index contributed by atoms with van der Waals surface area (Å²) in [6, 6.07) is 21.5. The molecule has 0 radical (unpaired) electrons. The molecule has 0 saturated carbocycles. The van der Waals surface area contributed by atoms with Gasteiger partial charge in [-0.1, -0.05) is 71.7 Å². The van der Waals surface area contributed by atoms with Gasteiger partial charge in [0, 0.05) is 0 Å². The maximum Gasteiger partial charge on any atom is 0.264 e. The zero-order chi connectivity index (χ0) is 21.7. The fraction of sp³-hybridized carbons (Fsp3) is 0.136. The monoisotopic (exact) mass is 462 g/mol. The minimum absolute atomic E-state index is 0.0694. The molecule has 30 heavy (non-hydrogen) atoms. The summed E-state index contributed by atoms with van der Waals surface area (Å²) >= 11 is 12.1. The van der Waals surface area contributed by atoms with Crippen molar-refractivity contribution in [3.05, 3.63) is 94.5 Å². The Kier molecular flexibility index (Phi) is 7.02. The number of anilines is 1.